The Morgan fingerprint density at radius 3 is 2.29 bits per heavy atom. The number of aryl methyl sites for hydroxylation is 1. The summed E-state index contributed by atoms with van der Waals surface area (Å²) in [6, 6.07) is 16.7. The highest BCUT2D eigenvalue weighted by molar-refractivity contribution is 9.10. The van der Waals surface area contributed by atoms with Crippen molar-refractivity contribution in [3.8, 4) is 0 Å². The van der Waals surface area contributed by atoms with Crippen LogP contribution in [0.15, 0.2) is 81.2 Å². The van der Waals surface area contributed by atoms with E-state index in [0.717, 1.165) is 49.9 Å². The topological polar surface area (TPSA) is 82.1 Å². The fourth-order valence-electron chi connectivity index (χ4n) is 3.07. The highest BCUT2D eigenvalue weighted by atomic mass is 79.9. The van der Waals surface area contributed by atoms with Crippen LogP contribution >= 0.6 is 15.9 Å². The maximum absolute atomic E-state index is 13.3. The Balaban J connectivity index is 1.80. The van der Waals surface area contributed by atoms with Crippen LogP contribution < -0.4 is 14.6 Å². The van der Waals surface area contributed by atoms with Crippen LogP contribution in [0.1, 0.15) is 11.1 Å². The number of nitrogens with one attached hydrogen (secondary N) is 1. The summed E-state index contributed by atoms with van der Waals surface area (Å²) >= 11 is 3.49. The van der Waals surface area contributed by atoms with Crippen LogP contribution in [0.4, 0.5) is 15.8 Å². The molecule has 7 nitrogen and oxygen atoms in total. The minimum Gasteiger partial charge on any atom is -0.377 e. The predicted molar refractivity (Wildman–Crippen MR) is 136 cm³/mol. The van der Waals surface area contributed by atoms with Crippen LogP contribution in [0.5, 0.6) is 0 Å². The number of anilines is 2. The van der Waals surface area contributed by atoms with E-state index in [-0.39, 0.29) is 4.90 Å². The van der Waals surface area contributed by atoms with Crippen molar-refractivity contribution < 1.29 is 17.6 Å². The normalized spacial score (nSPS) is 11.4. The van der Waals surface area contributed by atoms with Gasteiger partial charge in [-0.2, -0.15) is 5.10 Å². The first kappa shape index (κ1) is 25.4. The van der Waals surface area contributed by atoms with Crippen molar-refractivity contribution in [3.05, 3.63) is 88.1 Å². The number of hydrogen-bond acceptors (Lipinski definition) is 5. The van der Waals surface area contributed by atoms with Gasteiger partial charge in [-0.25, -0.2) is 18.2 Å². The highest BCUT2D eigenvalue weighted by Crippen LogP contribution is 2.26. The SMILES string of the molecule is Cc1ccc(N(CC(=O)N/N=C/c2ccc(N(C)C)c(Br)c2)S(=O)(=O)c2ccc(F)cc2)cc1. The summed E-state index contributed by atoms with van der Waals surface area (Å²) in [6.45, 7) is 1.36. The Morgan fingerprint density at radius 2 is 1.71 bits per heavy atom. The molecule has 0 fully saturated rings. The Kier molecular flexibility index (Phi) is 8.06. The summed E-state index contributed by atoms with van der Waals surface area (Å²) in [5, 5.41) is 3.95. The number of benzene rings is 3. The average molecular weight is 547 g/mol. The molecule has 0 aliphatic rings. The molecule has 34 heavy (non-hydrogen) atoms. The monoisotopic (exact) mass is 546 g/mol. The van der Waals surface area contributed by atoms with E-state index in [1.165, 1.54) is 6.21 Å². The summed E-state index contributed by atoms with van der Waals surface area (Å²) in [5.41, 5.74) is 5.34. The number of halogens is 2. The van der Waals surface area contributed by atoms with Crippen molar-refractivity contribution in [2.24, 2.45) is 5.10 Å². The van der Waals surface area contributed by atoms with Gasteiger partial charge in [-0.05, 0) is 76.9 Å². The zero-order chi connectivity index (χ0) is 24.9. The number of sulfonamides is 1. The molecule has 0 saturated heterocycles. The third kappa shape index (κ3) is 6.21. The first-order valence-corrected chi connectivity index (χ1v) is 12.4. The summed E-state index contributed by atoms with van der Waals surface area (Å²) in [7, 11) is -0.282. The van der Waals surface area contributed by atoms with Crippen LogP contribution in [0, 0.1) is 12.7 Å². The van der Waals surface area contributed by atoms with Crippen LogP contribution in [-0.2, 0) is 14.8 Å². The summed E-state index contributed by atoms with van der Waals surface area (Å²) < 4.78 is 41.7. The molecule has 0 bridgehead atoms. The Morgan fingerprint density at radius 1 is 1.06 bits per heavy atom. The molecule has 3 aromatic rings. The lowest BCUT2D eigenvalue weighted by atomic mass is 10.2. The molecule has 0 radical (unpaired) electrons. The van der Waals surface area contributed by atoms with Gasteiger partial charge in [-0.15, -0.1) is 0 Å². The van der Waals surface area contributed by atoms with E-state index in [9.17, 15) is 17.6 Å². The maximum atomic E-state index is 13.3. The molecule has 0 unspecified atom stereocenters. The summed E-state index contributed by atoms with van der Waals surface area (Å²) in [5.74, 6) is -1.19. The molecule has 178 valence electrons. The molecule has 1 N–H and O–H groups in total. The number of carbonyl (C=O) groups excluding carboxylic acids is 1. The zero-order valence-corrected chi connectivity index (χ0v) is 21.3. The average Bonchev–Trinajstić information content (AvgIpc) is 2.78. The van der Waals surface area contributed by atoms with Crippen molar-refractivity contribution in [3.63, 3.8) is 0 Å². The van der Waals surface area contributed by atoms with Crippen molar-refractivity contribution >= 4 is 49.4 Å². The largest absolute Gasteiger partial charge is 0.377 e. The lowest BCUT2D eigenvalue weighted by molar-refractivity contribution is -0.119. The first-order chi connectivity index (χ1) is 16.1. The third-order valence-electron chi connectivity index (χ3n) is 4.87. The van der Waals surface area contributed by atoms with Gasteiger partial charge in [-0.1, -0.05) is 23.8 Å². The summed E-state index contributed by atoms with van der Waals surface area (Å²) in [6.07, 6.45) is 1.47. The lowest BCUT2D eigenvalue weighted by Crippen LogP contribution is -2.39. The smallest absolute Gasteiger partial charge is 0.264 e. The molecule has 0 spiro atoms. The van der Waals surface area contributed by atoms with Crippen molar-refractivity contribution in [2.45, 2.75) is 11.8 Å². The molecule has 0 aliphatic carbocycles. The molecule has 1 amide bonds. The maximum Gasteiger partial charge on any atom is 0.264 e. The molecule has 3 aromatic carbocycles. The zero-order valence-electron chi connectivity index (χ0n) is 18.9. The fourth-order valence-corrected chi connectivity index (χ4v) is 5.24. The van der Waals surface area contributed by atoms with Gasteiger partial charge in [-0.3, -0.25) is 9.10 Å². The molecule has 0 heterocycles. The molecular weight excluding hydrogens is 523 g/mol. The van der Waals surface area contributed by atoms with Gasteiger partial charge in [0.15, 0.2) is 0 Å². The second-order valence-electron chi connectivity index (χ2n) is 7.70. The number of amides is 1. The van der Waals surface area contributed by atoms with Crippen LogP contribution in [0.2, 0.25) is 0 Å². The molecule has 10 heteroatoms. The highest BCUT2D eigenvalue weighted by Gasteiger charge is 2.27. The second-order valence-corrected chi connectivity index (χ2v) is 10.4. The molecule has 0 aliphatic heterocycles. The van der Waals surface area contributed by atoms with Crippen molar-refractivity contribution in [1.82, 2.24) is 5.43 Å². The minimum atomic E-state index is -4.13. The van der Waals surface area contributed by atoms with Gasteiger partial charge in [0.1, 0.15) is 12.4 Å². The van der Waals surface area contributed by atoms with E-state index in [4.69, 9.17) is 0 Å². The van der Waals surface area contributed by atoms with E-state index in [1.807, 2.05) is 44.1 Å². The summed E-state index contributed by atoms with van der Waals surface area (Å²) in [4.78, 5) is 14.4. The van der Waals surface area contributed by atoms with E-state index < -0.39 is 28.3 Å². The molecule has 0 atom stereocenters. The Labute approximate surface area is 207 Å². The Hall–Kier alpha value is -3.24. The third-order valence-corrected chi connectivity index (χ3v) is 7.29. The van der Waals surface area contributed by atoms with Gasteiger partial charge >= 0.3 is 0 Å². The van der Waals surface area contributed by atoms with Crippen molar-refractivity contribution in [2.75, 3.05) is 29.8 Å². The van der Waals surface area contributed by atoms with Gasteiger partial charge in [0.05, 0.1) is 22.5 Å². The predicted octanol–water partition coefficient (Wildman–Crippen LogP) is 4.31. The fraction of sp³-hybridized carbons (Fsp3) is 0.167. The minimum absolute atomic E-state index is 0.128. The standard InChI is InChI=1S/C24H24BrFN4O3S/c1-17-4-9-20(10-5-17)30(34(32,33)21-11-7-19(26)8-12-21)16-24(31)28-27-15-18-6-13-23(29(2)3)22(25)14-18/h4-15H,16H2,1-3H3,(H,28,31)/b27-15+. The second kappa shape index (κ2) is 10.8. The number of carbonyl (C=O) groups is 1. The molecular formula is C24H24BrFN4O3S. The van der Waals surface area contributed by atoms with Crippen LogP contribution in [0.3, 0.4) is 0 Å². The van der Waals surface area contributed by atoms with Gasteiger partial charge in [0.25, 0.3) is 15.9 Å². The van der Waals surface area contributed by atoms with E-state index >= 15 is 0 Å². The molecule has 0 saturated carbocycles. The Bertz CT molecular complexity index is 1290. The van der Waals surface area contributed by atoms with Crippen LogP contribution in [0.25, 0.3) is 0 Å². The van der Waals surface area contributed by atoms with E-state index in [0.29, 0.717) is 5.69 Å². The van der Waals surface area contributed by atoms with Crippen LogP contribution in [-0.4, -0.2) is 41.2 Å². The number of nitrogens with zero attached hydrogens (tertiary/aromatic N) is 3. The quantitative estimate of drug-likeness (QED) is 0.337. The first-order valence-electron chi connectivity index (χ1n) is 10.2. The number of hydrogen-bond donors (Lipinski definition) is 1. The van der Waals surface area contributed by atoms with E-state index in [2.05, 4.69) is 26.5 Å². The van der Waals surface area contributed by atoms with E-state index in [1.54, 1.807) is 24.3 Å². The molecule has 0 aromatic heterocycles. The van der Waals surface area contributed by atoms with Gasteiger partial charge in [0.2, 0.25) is 0 Å². The van der Waals surface area contributed by atoms with Crippen molar-refractivity contribution in [1.29, 1.82) is 0 Å². The van der Waals surface area contributed by atoms with Gasteiger partial charge in [0, 0.05) is 18.6 Å². The molecule has 3 rings (SSSR count). The lowest BCUT2D eigenvalue weighted by Gasteiger charge is -2.23. The van der Waals surface area contributed by atoms with Gasteiger partial charge < -0.3 is 4.90 Å². The number of hydrazone groups is 1. The number of rotatable bonds is 8.